The zero-order valence-corrected chi connectivity index (χ0v) is 11.0. The quantitative estimate of drug-likeness (QED) is 0.785. The summed E-state index contributed by atoms with van der Waals surface area (Å²) in [6.07, 6.45) is 0. The number of methoxy groups -OCH3 is 1. The lowest BCUT2D eigenvalue weighted by atomic mass is 10.1. The fourth-order valence-corrected chi connectivity index (χ4v) is 1.55. The lowest BCUT2D eigenvalue weighted by Gasteiger charge is -2.07. The van der Waals surface area contributed by atoms with Gasteiger partial charge < -0.3 is 13.9 Å². The molecule has 0 fully saturated rings. The molecule has 0 saturated carbocycles. The van der Waals surface area contributed by atoms with Gasteiger partial charge in [-0.1, -0.05) is 6.07 Å². The maximum atomic E-state index is 11.8. The van der Waals surface area contributed by atoms with Crippen LogP contribution in [-0.4, -0.2) is 23.3 Å². The third-order valence-corrected chi connectivity index (χ3v) is 2.54. The molecule has 0 radical (unpaired) electrons. The monoisotopic (exact) mass is 262 g/mol. The van der Waals surface area contributed by atoms with Crippen LogP contribution in [0, 0.1) is 13.8 Å². The van der Waals surface area contributed by atoms with Gasteiger partial charge in [-0.15, -0.1) is 10.2 Å². The van der Waals surface area contributed by atoms with Crippen LogP contribution in [-0.2, 0) is 11.3 Å². The summed E-state index contributed by atoms with van der Waals surface area (Å²) in [5, 5.41) is 7.39. The maximum Gasteiger partial charge on any atom is 0.338 e. The Kier molecular flexibility index (Phi) is 3.79. The number of carbonyl (C=O) groups is 1. The summed E-state index contributed by atoms with van der Waals surface area (Å²) in [5.41, 5.74) is 1.37. The van der Waals surface area contributed by atoms with Crippen LogP contribution in [0.5, 0.6) is 5.75 Å². The molecule has 0 aliphatic rings. The zero-order chi connectivity index (χ0) is 13.8. The molecule has 1 aromatic carbocycles. The number of ether oxygens (including phenoxy) is 2. The Morgan fingerprint density at radius 2 is 2.11 bits per heavy atom. The summed E-state index contributed by atoms with van der Waals surface area (Å²) in [7, 11) is 1.55. The van der Waals surface area contributed by atoms with Gasteiger partial charge in [-0.25, -0.2) is 4.79 Å². The number of nitrogens with zero attached hydrogens (tertiary/aromatic N) is 2. The Morgan fingerprint density at radius 1 is 1.32 bits per heavy atom. The first-order valence-corrected chi connectivity index (χ1v) is 5.71. The Hall–Kier alpha value is -2.37. The Labute approximate surface area is 110 Å². The molecule has 2 aromatic rings. The molecule has 0 unspecified atom stereocenters. The highest BCUT2D eigenvalue weighted by molar-refractivity contribution is 5.90. The number of aromatic nitrogens is 2. The van der Waals surface area contributed by atoms with Gasteiger partial charge in [0, 0.05) is 6.92 Å². The summed E-state index contributed by atoms with van der Waals surface area (Å²) in [6, 6.07) is 5.11. The van der Waals surface area contributed by atoms with Crippen LogP contribution >= 0.6 is 0 Å². The maximum absolute atomic E-state index is 11.8. The van der Waals surface area contributed by atoms with Gasteiger partial charge in [-0.3, -0.25) is 0 Å². The summed E-state index contributed by atoms with van der Waals surface area (Å²) >= 11 is 0. The molecule has 0 spiro atoms. The van der Waals surface area contributed by atoms with E-state index in [4.69, 9.17) is 13.9 Å². The molecule has 0 aliphatic heterocycles. The first kappa shape index (κ1) is 13.1. The topological polar surface area (TPSA) is 74.5 Å². The van der Waals surface area contributed by atoms with Crippen LogP contribution in [0.3, 0.4) is 0 Å². The molecule has 100 valence electrons. The van der Waals surface area contributed by atoms with E-state index < -0.39 is 5.97 Å². The highest BCUT2D eigenvalue weighted by Crippen LogP contribution is 2.19. The highest BCUT2D eigenvalue weighted by Gasteiger charge is 2.12. The van der Waals surface area contributed by atoms with E-state index in [-0.39, 0.29) is 12.5 Å². The Morgan fingerprint density at radius 3 is 2.74 bits per heavy atom. The van der Waals surface area contributed by atoms with Crippen LogP contribution < -0.4 is 4.74 Å². The Balaban J connectivity index is 2.03. The molecule has 1 aromatic heterocycles. The average molecular weight is 262 g/mol. The SMILES string of the molecule is COc1cc(C(=O)OCc2nnc(C)o2)ccc1C. The predicted molar refractivity (Wildman–Crippen MR) is 65.9 cm³/mol. The highest BCUT2D eigenvalue weighted by atomic mass is 16.5. The number of rotatable bonds is 4. The lowest BCUT2D eigenvalue weighted by Crippen LogP contribution is -2.06. The van der Waals surface area contributed by atoms with Gasteiger partial charge in [0.15, 0.2) is 6.61 Å². The zero-order valence-electron chi connectivity index (χ0n) is 11.0. The van der Waals surface area contributed by atoms with Gasteiger partial charge in [0.05, 0.1) is 12.7 Å². The van der Waals surface area contributed by atoms with Crippen LogP contribution in [0.25, 0.3) is 0 Å². The molecule has 6 nitrogen and oxygen atoms in total. The van der Waals surface area contributed by atoms with E-state index in [2.05, 4.69) is 10.2 Å². The minimum absolute atomic E-state index is 0.0458. The van der Waals surface area contributed by atoms with Gasteiger partial charge in [-0.2, -0.15) is 0 Å². The number of aryl methyl sites for hydroxylation is 2. The van der Waals surface area contributed by atoms with E-state index in [0.717, 1.165) is 5.56 Å². The number of esters is 1. The predicted octanol–water partition coefficient (Wildman–Crippen LogP) is 2.05. The van der Waals surface area contributed by atoms with Gasteiger partial charge in [-0.05, 0) is 24.6 Å². The molecule has 19 heavy (non-hydrogen) atoms. The molecule has 6 heteroatoms. The van der Waals surface area contributed by atoms with Gasteiger partial charge in [0.1, 0.15) is 5.75 Å². The molecule has 0 aliphatic carbocycles. The minimum atomic E-state index is -0.464. The second kappa shape index (κ2) is 5.51. The average Bonchev–Trinajstić information content (AvgIpc) is 2.82. The molecular weight excluding hydrogens is 248 g/mol. The number of hydrogen-bond acceptors (Lipinski definition) is 6. The minimum Gasteiger partial charge on any atom is -0.496 e. The Bertz CT molecular complexity index is 592. The van der Waals surface area contributed by atoms with E-state index >= 15 is 0 Å². The number of carbonyl (C=O) groups excluding carboxylic acids is 1. The van der Waals surface area contributed by atoms with Gasteiger partial charge >= 0.3 is 5.97 Å². The first-order valence-electron chi connectivity index (χ1n) is 5.71. The molecule has 0 atom stereocenters. The molecular formula is C13H14N2O4. The standard InChI is InChI=1S/C13H14N2O4/c1-8-4-5-10(6-11(8)17-3)13(16)18-7-12-15-14-9(2)19-12/h4-6H,7H2,1-3H3. The third kappa shape index (κ3) is 3.09. The van der Waals surface area contributed by atoms with Gasteiger partial charge in [0.2, 0.25) is 5.89 Å². The second-order valence-electron chi connectivity index (χ2n) is 3.98. The van der Waals surface area contributed by atoms with Crippen molar-refractivity contribution in [1.29, 1.82) is 0 Å². The smallest absolute Gasteiger partial charge is 0.338 e. The van der Waals surface area contributed by atoms with Crippen molar-refractivity contribution < 1.29 is 18.7 Å². The van der Waals surface area contributed by atoms with Crippen molar-refractivity contribution in [2.24, 2.45) is 0 Å². The van der Waals surface area contributed by atoms with Gasteiger partial charge in [0.25, 0.3) is 5.89 Å². The molecule has 0 N–H and O–H groups in total. The van der Waals surface area contributed by atoms with E-state index in [1.165, 1.54) is 0 Å². The van der Waals surface area contributed by atoms with E-state index in [1.54, 1.807) is 32.2 Å². The van der Waals surface area contributed by atoms with Crippen molar-refractivity contribution in [1.82, 2.24) is 10.2 Å². The van der Waals surface area contributed by atoms with Crippen molar-refractivity contribution in [2.75, 3.05) is 7.11 Å². The fraction of sp³-hybridized carbons (Fsp3) is 0.308. The van der Waals surface area contributed by atoms with Crippen LogP contribution in [0.4, 0.5) is 0 Å². The molecule has 0 bridgehead atoms. The van der Waals surface area contributed by atoms with E-state index in [1.807, 2.05) is 6.92 Å². The molecule has 0 amide bonds. The molecule has 2 rings (SSSR count). The normalized spacial score (nSPS) is 10.3. The van der Waals surface area contributed by atoms with Crippen molar-refractivity contribution >= 4 is 5.97 Å². The number of benzene rings is 1. The van der Waals surface area contributed by atoms with E-state index in [0.29, 0.717) is 17.2 Å². The summed E-state index contributed by atoms with van der Waals surface area (Å²) < 4.78 is 15.3. The van der Waals surface area contributed by atoms with Crippen LogP contribution in [0.2, 0.25) is 0 Å². The summed E-state index contributed by atoms with van der Waals surface area (Å²) in [6.45, 7) is 3.52. The van der Waals surface area contributed by atoms with Crippen molar-refractivity contribution in [2.45, 2.75) is 20.5 Å². The van der Waals surface area contributed by atoms with E-state index in [9.17, 15) is 4.79 Å². The molecule has 0 saturated heterocycles. The largest absolute Gasteiger partial charge is 0.496 e. The summed E-state index contributed by atoms with van der Waals surface area (Å²) in [5.74, 6) is 0.880. The molecule has 1 heterocycles. The number of hydrogen-bond donors (Lipinski definition) is 0. The van der Waals surface area contributed by atoms with Crippen molar-refractivity contribution in [3.63, 3.8) is 0 Å². The van der Waals surface area contributed by atoms with Crippen LogP contribution in [0.1, 0.15) is 27.7 Å². The van der Waals surface area contributed by atoms with Crippen molar-refractivity contribution in [3.8, 4) is 5.75 Å². The summed E-state index contributed by atoms with van der Waals surface area (Å²) in [4.78, 5) is 11.8. The first-order chi connectivity index (χ1) is 9.10. The lowest BCUT2D eigenvalue weighted by molar-refractivity contribution is 0.0436. The van der Waals surface area contributed by atoms with Crippen LogP contribution in [0.15, 0.2) is 22.6 Å². The third-order valence-electron chi connectivity index (χ3n) is 2.54. The fourth-order valence-electron chi connectivity index (χ4n) is 1.55. The van der Waals surface area contributed by atoms with Crippen molar-refractivity contribution in [3.05, 3.63) is 41.1 Å². The second-order valence-corrected chi connectivity index (χ2v) is 3.98.